The molecule has 0 saturated carbocycles. The topological polar surface area (TPSA) is 31.0 Å². The van der Waals surface area contributed by atoms with Crippen LogP contribution in [0.25, 0.3) is 0 Å². The third kappa shape index (κ3) is 4.53. The van der Waals surface area contributed by atoms with E-state index in [1.807, 2.05) is 18.5 Å². The number of nitrogens with zero attached hydrogens (tertiary/aromatic N) is 1. The molecule has 5 heteroatoms. The number of quaternary nitrogens is 2. The number of hydrogen-bond acceptors (Lipinski definition) is 2. The lowest BCUT2D eigenvalue weighted by Crippen LogP contribution is -3.27. The molecule has 3 rings (SSSR count). The molecule has 2 N–H and O–H groups in total. The molecule has 0 unspecified atom stereocenters. The van der Waals surface area contributed by atoms with Crippen molar-refractivity contribution in [2.45, 2.75) is 13.1 Å². The molecule has 1 aliphatic rings. The van der Waals surface area contributed by atoms with Gasteiger partial charge in [-0.3, -0.25) is 4.98 Å². The molecule has 1 aromatic heterocycles. The highest BCUT2D eigenvalue weighted by molar-refractivity contribution is 9.10. The first-order chi connectivity index (χ1) is 11.2. The lowest BCUT2D eigenvalue weighted by molar-refractivity contribution is -1.02. The molecule has 1 saturated heterocycles. The summed E-state index contributed by atoms with van der Waals surface area (Å²) < 4.78 is 6.34. The van der Waals surface area contributed by atoms with Crippen molar-refractivity contribution in [3.63, 3.8) is 0 Å². The van der Waals surface area contributed by atoms with E-state index in [9.17, 15) is 0 Å². The molecule has 0 amide bonds. The Bertz CT molecular complexity index is 627. The van der Waals surface area contributed by atoms with Crippen LogP contribution < -0.4 is 14.5 Å². The molecule has 0 aliphatic carbocycles. The highest BCUT2D eigenvalue weighted by Gasteiger charge is 2.23. The van der Waals surface area contributed by atoms with Gasteiger partial charge in [-0.15, -0.1) is 0 Å². The minimum absolute atomic E-state index is 0.898. The number of rotatable bonds is 5. The van der Waals surface area contributed by atoms with E-state index in [4.69, 9.17) is 4.74 Å². The molecule has 0 radical (unpaired) electrons. The normalized spacial score (nSPS) is 21.1. The maximum Gasteiger partial charge on any atom is 0.133 e. The first kappa shape index (κ1) is 16.4. The summed E-state index contributed by atoms with van der Waals surface area (Å²) in [5.74, 6) is 0.898. The van der Waals surface area contributed by atoms with Crippen LogP contribution in [0.3, 0.4) is 0 Å². The van der Waals surface area contributed by atoms with Crippen molar-refractivity contribution >= 4 is 15.9 Å². The Morgan fingerprint density at radius 1 is 0.957 bits per heavy atom. The van der Waals surface area contributed by atoms with Crippen LogP contribution in [0, 0.1) is 0 Å². The summed E-state index contributed by atoms with van der Waals surface area (Å²) >= 11 is 3.58. The zero-order chi connectivity index (χ0) is 16.1. The van der Waals surface area contributed by atoms with Crippen LogP contribution in [-0.4, -0.2) is 38.3 Å². The third-order valence-corrected chi connectivity index (χ3v) is 5.16. The van der Waals surface area contributed by atoms with Crippen molar-refractivity contribution in [3.8, 4) is 5.75 Å². The second kappa shape index (κ2) is 7.90. The predicted octanol–water partition coefficient (Wildman–Crippen LogP) is 0.336. The van der Waals surface area contributed by atoms with Crippen LogP contribution in [0.2, 0.25) is 0 Å². The van der Waals surface area contributed by atoms with E-state index in [-0.39, 0.29) is 0 Å². The average molecular weight is 378 g/mol. The highest BCUT2D eigenvalue weighted by atomic mass is 79.9. The maximum absolute atomic E-state index is 5.30. The summed E-state index contributed by atoms with van der Waals surface area (Å²) in [5.41, 5.74) is 2.75. The van der Waals surface area contributed by atoms with Crippen molar-refractivity contribution in [3.05, 3.63) is 58.3 Å². The van der Waals surface area contributed by atoms with Crippen molar-refractivity contribution in [2.75, 3.05) is 33.3 Å². The lowest BCUT2D eigenvalue weighted by atomic mass is 10.2. The Morgan fingerprint density at radius 3 is 2.13 bits per heavy atom. The van der Waals surface area contributed by atoms with Gasteiger partial charge in [0, 0.05) is 23.5 Å². The predicted molar refractivity (Wildman–Crippen MR) is 93.7 cm³/mol. The smallest absolute Gasteiger partial charge is 0.133 e. The summed E-state index contributed by atoms with van der Waals surface area (Å²) in [6.45, 7) is 7.12. The first-order valence-corrected chi connectivity index (χ1v) is 8.92. The van der Waals surface area contributed by atoms with Crippen molar-refractivity contribution in [1.29, 1.82) is 0 Å². The summed E-state index contributed by atoms with van der Waals surface area (Å²) in [6, 6.07) is 10.7. The van der Waals surface area contributed by atoms with Gasteiger partial charge in [-0.25, -0.2) is 0 Å². The minimum Gasteiger partial charge on any atom is -0.496 e. The molecule has 1 aromatic carbocycles. The zero-order valence-electron chi connectivity index (χ0n) is 13.5. The van der Waals surface area contributed by atoms with Crippen molar-refractivity contribution < 1.29 is 14.5 Å². The molecule has 2 heterocycles. The highest BCUT2D eigenvalue weighted by Crippen LogP contribution is 2.25. The maximum atomic E-state index is 5.30. The number of pyridine rings is 1. The first-order valence-electron chi connectivity index (χ1n) is 8.13. The van der Waals surface area contributed by atoms with Crippen LogP contribution >= 0.6 is 15.9 Å². The molecule has 2 aromatic rings. The number of ether oxygens (including phenoxy) is 1. The number of benzene rings is 1. The van der Waals surface area contributed by atoms with Gasteiger partial charge in [0.1, 0.15) is 45.0 Å². The summed E-state index contributed by atoms with van der Waals surface area (Å²) in [4.78, 5) is 7.43. The molecule has 0 atom stereocenters. The van der Waals surface area contributed by atoms with E-state index in [2.05, 4.69) is 45.2 Å². The molecule has 0 bridgehead atoms. The van der Waals surface area contributed by atoms with E-state index < -0.39 is 0 Å². The largest absolute Gasteiger partial charge is 0.496 e. The van der Waals surface area contributed by atoms with Crippen LogP contribution in [0.15, 0.2) is 47.2 Å². The SMILES string of the molecule is COc1ccc(C[NH+]2CC[NH+](Cc3ccncc3)CC2)cc1Br. The Hall–Kier alpha value is -1.43. The molecular weight excluding hydrogens is 354 g/mol. The van der Waals surface area contributed by atoms with Gasteiger partial charge in [0.25, 0.3) is 0 Å². The van der Waals surface area contributed by atoms with E-state index in [0.29, 0.717) is 0 Å². The van der Waals surface area contributed by atoms with Gasteiger partial charge in [0.2, 0.25) is 0 Å². The molecule has 0 spiro atoms. The van der Waals surface area contributed by atoms with E-state index in [0.717, 1.165) is 23.3 Å². The van der Waals surface area contributed by atoms with E-state index in [1.54, 1.807) is 16.9 Å². The minimum atomic E-state index is 0.898. The number of hydrogen-bond donors (Lipinski definition) is 2. The number of methoxy groups -OCH3 is 1. The molecule has 122 valence electrons. The third-order valence-electron chi connectivity index (χ3n) is 4.54. The van der Waals surface area contributed by atoms with Crippen LogP contribution in [0.4, 0.5) is 0 Å². The number of nitrogens with one attached hydrogen (secondary N) is 2. The standard InChI is InChI=1S/C18H22BrN3O/c1-23-18-3-2-16(12-17(18)19)14-22-10-8-21(9-11-22)13-15-4-6-20-7-5-15/h2-7,12H,8-11,13-14H2,1H3/p+2. The summed E-state index contributed by atoms with van der Waals surface area (Å²) in [5, 5.41) is 0. The van der Waals surface area contributed by atoms with Gasteiger partial charge in [-0.1, -0.05) is 0 Å². The number of halogens is 1. The Labute approximate surface area is 146 Å². The average Bonchev–Trinajstić information content (AvgIpc) is 2.58. The van der Waals surface area contributed by atoms with Gasteiger partial charge >= 0.3 is 0 Å². The Kier molecular flexibility index (Phi) is 5.65. The molecule has 23 heavy (non-hydrogen) atoms. The lowest BCUT2D eigenvalue weighted by Gasteiger charge is -2.29. The second-order valence-electron chi connectivity index (χ2n) is 6.18. The van der Waals surface area contributed by atoms with Gasteiger partial charge < -0.3 is 14.5 Å². The van der Waals surface area contributed by atoms with Gasteiger partial charge in [-0.05, 0) is 46.3 Å². The summed E-state index contributed by atoms with van der Waals surface area (Å²) in [6.07, 6.45) is 3.77. The summed E-state index contributed by atoms with van der Waals surface area (Å²) in [7, 11) is 1.70. The van der Waals surface area contributed by atoms with Crippen LogP contribution in [0.1, 0.15) is 11.1 Å². The van der Waals surface area contributed by atoms with Gasteiger partial charge in [0.15, 0.2) is 0 Å². The van der Waals surface area contributed by atoms with Crippen molar-refractivity contribution in [1.82, 2.24) is 4.98 Å². The molecule has 1 fully saturated rings. The quantitative estimate of drug-likeness (QED) is 0.786. The monoisotopic (exact) mass is 377 g/mol. The van der Waals surface area contributed by atoms with Crippen LogP contribution in [-0.2, 0) is 13.1 Å². The zero-order valence-corrected chi connectivity index (χ0v) is 15.1. The van der Waals surface area contributed by atoms with Gasteiger partial charge in [-0.2, -0.15) is 0 Å². The molecular formula is C18H24BrN3O+2. The van der Waals surface area contributed by atoms with Gasteiger partial charge in [0.05, 0.1) is 11.6 Å². The second-order valence-corrected chi connectivity index (χ2v) is 7.03. The fourth-order valence-corrected chi connectivity index (χ4v) is 3.80. The fraction of sp³-hybridized carbons (Fsp3) is 0.389. The van der Waals surface area contributed by atoms with E-state index >= 15 is 0 Å². The molecule has 1 aliphatic heterocycles. The Balaban J connectivity index is 1.50. The fourth-order valence-electron chi connectivity index (χ4n) is 3.21. The van der Waals surface area contributed by atoms with Crippen molar-refractivity contribution in [2.24, 2.45) is 0 Å². The number of piperazine rings is 1. The van der Waals surface area contributed by atoms with E-state index in [1.165, 1.54) is 37.3 Å². The Morgan fingerprint density at radius 2 is 1.57 bits per heavy atom. The molecule has 4 nitrogen and oxygen atoms in total. The van der Waals surface area contributed by atoms with Crippen LogP contribution in [0.5, 0.6) is 5.75 Å². The number of aromatic nitrogens is 1.